The van der Waals surface area contributed by atoms with Crippen molar-refractivity contribution in [3.05, 3.63) is 59.2 Å². The van der Waals surface area contributed by atoms with Gasteiger partial charge in [-0.3, -0.25) is 14.3 Å². The molecule has 0 aliphatic carbocycles. The number of nitrogens with one attached hydrogen (secondary N) is 1. The molecule has 33 heavy (non-hydrogen) atoms. The summed E-state index contributed by atoms with van der Waals surface area (Å²) in [6.07, 6.45) is 3.79. The number of aromatic nitrogens is 3. The molecule has 10 heteroatoms. The normalized spacial score (nSPS) is 15.7. The Kier molecular flexibility index (Phi) is 6.25. The predicted molar refractivity (Wildman–Crippen MR) is 118 cm³/mol. The number of amides is 3. The minimum atomic E-state index is -0.888. The van der Waals surface area contributed by atoms with Crippen molar-refractivity contribution in [2.75, 3.05) is 12.0 Å². The second kappa shape index (κ2) is 9.27. The van der Waals surface area contributed by atoms with Crippen LogP contribution in [0.5, 0.6) is 5.75 Å². The van der Waals surface area contributed by atoms with Crippen LogP contribution < -0.4 is 15.0 Å². The SMILES string of the molecule is COc1cccc(CCC(=O)CC2NC(=O)N(c3cnn(Cc4c(C)noc4C)c3)C2=O)c1. The van der Waals surface area contributed by atoms with Crippen LogP contribution >= 0.6 is 0 Å². The van der Waals surface area contributed by atoms with Gasteiger partial charge in [-0.25, -0.2) is 9.69 Å². The number of carbonyl (C=O) groups excluding carboxylic acids is 3. The number of rotatable bonds is 9. The molecule has 1 N–H and O–H groups in total. The lowest BCUT2D eigenvalue weighted by Gasteiger charge is -2.10. The van der Waals surface area contributed by atoms with E-state index in [9.17, 15) is 14.4 Å². The van der Waals surface area contributed by atoms with Crippen molar-refractivity contribution in [2.45, 2.75) is 45.7 Å². The molecule has 1 saturated heterocycles. The van der Waals surface area contributed by atoms with E-state index in [4.69, 9.17) is 9.26 Å². The zero-order valence-electron chi connectivity index (χ0n) is 18.7. The van der Waals surface area contributed by atoms with Crippen LogP contribution in [0.1, 0.15) is 35.4 Å². The molecule has 172 valence electrons. The van der Waals surface area contributed by atoms with Crippen LogP contribution in [0, 0.1) is 13.8 Å². The van der Waals surface area contributed by atoms with E-state index in [1.165, 1.54) is 6.20 Å². The number of hydrogen-bond acceptors (Lipinski definition) is 7. The Bertz CT molecular complexity index is 1180. The van der Waals surface area contributed by atoms with Gasteiger partial charge in [0.2, 0.25) is 0 Å². The molecule has 1 aliphatic rings. The van der Waals surface area contributed by atoms with Crippen LogP contribution in [-0.4, -0.2) is 45.8 Å². The maximum absolute atomic E-state index is 12.9. The maximum Gasteiger partial charge on any atom is 0.329 e. The third-order valence-electron chi connectivity index (χ3n) is 5.66. The molecule has 2 aromatic heterocycles. The Hall–Kier alpha value is -3.95. The van der Waals surface area contributed by atoms with E-state index in [1.807, 2.05) is 38.1 Å². The molecule has 0 radical (unpaired) electrons. The summed E-state index contributed by atoms with van der Waals surface area (Å²) in [5, 5.41) is 10.8. The van der Waals surface area contributed by atoms with Crippen LogP contribution in [0.15, 0.2) is 41.2 Å². The zero-order chi connectivity index (χ0) is 23.5. The standard InChI is InChI=1S/C23H25N5O5/c1-14-20(15(2)33-26-14)13-27-12-17(11-24-27)28-22(30)21(25-23(28)31)10-18(29)8-7-16-5-4-6-19(9-16)32-3/h4-6,9,11-12,21H,7-8,10,13H2,1-3H3,(H,25,31). The van der Waals surface area contributed by atoms with E-state index in [2.05, 4.69) is 15.6 Å². The number of anilines is 1. The monoisotopic (exact) mass is 451 g/mol. The van der Waals surface area contributed by atoms with Crippen molar-refractivity contribution in [3.8, 4) is 5.75 Å². The fourth-order valence-electron chi connectivity index (χ4n) is 3.80. The molecular formula is C23H25N5O5. The Morgan fingerprint density at radius 1 is 1.27 bits per heavy atom. The van der Waals surface area contributed by atoms with E-state index < -0.39 is 18.0 Å². The number of Topliss-reactive ketones (excluding diaryl/α,β-unsaturated/α-hetero) is 1. The van der Waals surface area contributed by atoms with Crippen molar-refractivity contribution >= 4 is 23.4 Å². The molecule has 1 aromatic carbocycles. The first-order chi connectivity index (χ1) is 15.9. The van der Waals surface area contributed by atoms with Crippen molar-refractivity contribution in [1.29, 1.82) is 0 Å². The summed E-state index contributed by atoms with van der Waals surface area (Å²) in [7, 11) is 1.59. The van der Waals surface area contributed by atoms with Gasteiger partial charge in [-0.15, -0.1) is 0 Å². The van der Waals surface area contributed by atoms with Gasteiger partial charge in [0.1, 0.15) is 23.3 Å². The molecule has 1 aliphatic heterocycles. The second-order valence-electron chi connectivity index (χ2n) is 7.97. The third-order valence-corrected chi connectivity index (χ3v) is 5.66. The summed E-state index contributed by atoms with van der Waals surface area (Å²) in [4.78, 5) is 38.8. The Morgan fingerprint density at radius 2 is 2.09 bits per heavy atom. The summed E-state index contributed by atoms with van der Waals surface area (Å²) < 4.78 is 12.0. The van der Waals surface area contributed by atoms with Crippen LogP contribution in [0.3, 0.4) is 0 Å². The highest BCUT2D eigenvalue weighted by Crippen LogP contribution is 2.22. The first-order valence-electron chi connectivity index (χ1n) is 10.6. The summed E-state index contributed by atoms with van der Waals surface area (Å²) in [6.45, 7) is 4.05. The van der Waals surface area contributed by atoms with Crippen molar-refractivity contribution in [3.63, 3.8) is 0 Å². The topological polar surface area (TPSA) is 120 Å². The highest BCUT2D eigenvalue weighted by Gasteiger charge is 2.40. The molecule has 0 spiro atoms. The van der Waals surface area contributed by atoms with Crippen LogP contribution in [-0.2, 0) is 22.6 Å². The lowest BCUT2D eigenvalue weighted by molar-refractivity contribution is -0.124. The van der Waals surface area contributed by atoms with Crippen LogP contribution in [0.4, 0.5) is 10.5 Å². The molecule has 3 aromatic rings. The van der Waals surface area contributed by atoms with E-state index in [-0.39, 0.29) is 18.6 Å². The minimum Gasteiger partial charge on any atom is -0.497 e. The summed E-state index contributed by atoms with van der Waals surface area (Å²) >= 11 is 0. The van der Waals surface area contributed by atoms with E-state index >= 15 is 0 Å². The number of carbonyl (C=O) groups is 3. The van der Waals surface area contributed by atoms with Gasteiger partial charge in [0.25, 0.3) is 5.91 Å². The first-order valence-corrected chi connectivity index (χ1v) is 10.6. The molecule has 3 heterocycles. The number of aryl methyl sites for hydroxylation is 3. The van der Waals surface area contributed by atoms with Gasteiger partial charge in [0.15, 0.2) is 0 Å². The third kappa shape index (κ3) is 4.79. The lowest BCUT2D eigenvalue weighted by atomic mass is 10.0. The smallest absolute Gasteiger partial charge is 0.329 e. The summed E-state index contributed by atoms with van der Waals surface area (Å²) in [6, 6.07) is 6.04. The van der Waals surface area contributed by atoms with Gasteiger partial charge < -0.3 is 14.6 Å². The molecule has 4 rings (SSSR count). The quantitative estimate of drug-likeness (QED) is 0.497. The van der Waals surface area contributed by atoms with Crippen molar-refractivity contribution < 1.29 is 23.6 Å². The molecule has 1 atom stereocenters. The molecule has 1 fully saturated rings. The van der Waals surface area contributed by atoms with E-state index in [0.717, 1.165) is 27.5 Å². The Labute approximate surface area is 190 Å². The van der Waals surface area contributed by atoms with Gasteiger partial charge in [0, 0.05) is 24.6 Å². The largest absolute Gasteiger partial charge is 0.497 e. The first kappa shape index (κ1) is 22.3. The summed E-state index contributed by atoms with van der Waals surface area (Å²) in [5.74, 6) is 0.842. The number of hydrogen-bond donors (Lipinski definition) is 1. The Morgan fingerprint density at radius 3 is 2.82 bits per heavy atom. The second-order valence-corrected chi connectivity index (χ2v) is 7.97. The number of imide groups is 1. The average molecular weight is 451 g/mol. The van der Waals surface area contributed by atoms with E-state index in [1.54, 1.807) is 18.0 Å². The molecular weight excluding hydrogens is 426 g/mol. The van der Waals surface area contributed by atoms with Gasteiger partial charge in [0.05, 0.1) is 31.2 Å². The highest BCUT2D eigenvalue weighted by molar-refractivity contribution is 6.22. The van der Waals surface area contributed by atoms with Gasteiger partial charge >= 0.3 is 6.03 Å². The van der Waals surface area contributed by atoms with Crippen LogP contribution in [0.2, 0.25) is 0 Å². The number of ether oxygens (including phenoxy) is 1. The molecule has 3 amide bonds. The molecule has 1 unspecified atom stereocenters. The Balaban J connectivity index is 1.36. The molecule has 10 nitrogen and oxygen atoms in total. The number of methoxy groups -OCH3 is 1. The summed E-state index contributed by atoms with van der Waals surface area (Å²) in [5.41, 5.74) is 2.96. The van der Waals surface area contributed by atoms with E-state index in [0.29, 0.717) is 24.4 Å². The fourth-order valence-corrected chi connectivity index (χ4v) is 3.80. The van der Waals surface area contributed by atoms with Gasteiger partial charge in [-0.2, -0.15) is 5.10 Å². The molecule has 0 saturated carbocycles. The maximum atomic E-state index is 12.9. The number of benzene rings is 1. The lowest BCUT2D eigenvalue weighted by Crippen LogP contribution is -2.32. The zero-order valence-corrected chi connectivity index (χ0v) is 18.7. The average Bonchev–Trinajstić information content (AvgIpc) is 3.46. The van der Waals surface area contributed by atoms with Gasteiger partial charge in [-0.1, -0.05) is 17.3 Å². The number of ketones is 1. The molecule has 0 bridgehead atoms. The highest BCUT2D eigenvalue weighted by atomic mass is 16.5. The van der Waals surface area contributed by atoms with Crippen molar-refractivity contribution in [1.82, 2.24) is 20.3 Å². The number of urea groups is 1. The number of nitrogens with zero attached hydrogens (tertiary/aromatic N) is 4. The van der Waals surface area contributed by atoms with Crippen molar-refractivity contribution in [2.24, 2.45) is 0 Å². The predicted octanol–water partition coefficient (Wildman–Crippen LogP) is 2.56. The minimum absolute atomic E-state index is 0.0573. The van der Waals surface area contributed by atoms with Crippen LogP contribution in [0.25, 0.3) is 0 Å². The van der Waals surface area contributed by atoms with Gasteiger partial charge in [-0.05, 0) is 38.0 Å². The fraction of sp³-hybridized carbons (Fsp3) is 0.348.